The molecule has 0 aromatic heterocycles. The molecule has 0 bridgehead atoms. The van der Waals surface area contributed by atoms with Gasteiger partial charge in [0.05, 0.1) is 0 Å². The molecule has 0 heteroatoms. The van der Waals surface area contributed by atoms with Crippen LogP contribution < -0.4 is 0 Å². The van der Waals surface area contributed by atoms with Crippen molar-refractivity contribution < 1.29 is 0 Å². The lowest BCUT2D eigenvalue weighted by molar-refractivity contribution is 0.522. The van der Waals surface area contributed by atoms with E-state index in [1.54, 1.807) is 0 Å². The molecule has 0 nitrogen and oxygen atoms in total. The van der Waals surface area contributed by atoms with E-state index in [1.165, 1.54) is 135 Å². The number of hydrogen-bond donors (Lipinski definition) is 0. The van der Waals surface area contributed by atoms with Crippen molar-refractivity contribution in [1.82, 2.24) is 0 Å². The Morgan fingerprint density at radius 1 is 0.462 bits per heavy atom. The predicted molar refractivity (Wildman–Crippen MR) is 122 cm³/mol. The monoisotopic (exact) mass is 362 g/mol. The molecule has 26 heavy (non-hydrogen) atoms. The first-order valence-corrected chi connectivity index (χ1v) is 12.2. The van der Waals surface area contributed by atoms with Gasteiger partial charge in [0, 0.05) is 0 Å². The van der Waals surface area contributed by atoms with E-state index in [0.29, 0.717) is 0 Å². The minimum atomic E-state index is 1.23. The van der Waals surface area contributed by atoms with E-state index in [0.717, 1.165) is 0 Å². The molecule has 0 fully saturated rings. The minimum absolute atomic E-state index is 1.23. The molecule has 0 N–H and O–H groups in total. The van der Waals surface area contributed by atoms with Crippen molar-refractivity contribution in [3.8, 4) is 0 Å². The zero-order valence-electron chi connectivity index (χ0n) is 18.3. The fourth-order valence-electron chi connectivity index (χ4n) is 3.71. The third kappa shape index (κ3) is 23.5. The van der Waals surface area contributed by atoms with Crippen molar-refractivity contribution in [3.63, 3.8) is 0 Å². The maximum atomic E-state index is 3.70. The lowest BCUT2D eigenvalue weighted by atomic mass is 10.0. The Balaban J connectivity index is 2.99. The zero-order valence-corrected chi connectivity index (χ0v) is 18.3. The lowest BCUT2D eigenvalue weighted by Crippen LogP contribution is -1.84. The van der Waals surface area contributed by atoms with Gasteiger partial charge in [0.15, 0.2) is 0 Å². The Bertz CT molecular complexity index is 276. The average molecular weight is 363 g/mol. The van der Waals surface area contributed by atoms with Crippen molar-refractivity contribution in [3.05, 3.63) is 24.8 Å². The molecule has 0 aromatic carbocycles. The maximum Gasteiger partial charge on any atom is -0.0348 e. The molecular formula is C26H50. The second kappa shape index (κ2) is 24.5. The zero-order chi connectivity index (χ0) is 19.0. The van der Waals surface area contributed by atoms with Gasteiger partial charge < -0.3 is 0 Å². The molecule has 0 aliphatic heterocycles. The normalized spacial score (nSPS) is 11.4. The van der Waals surface area contributed by atoms with E-state index >= 15 is 0 Å². The van der Waals surface area contributed by atoms with Crippen LogP contribution in [-0.4, -0.2) is 0 Å². The molecule has 0 saturated carbocycles. The van der Waals surface area contributed by atoms with Crippen LogP contribution in [0.5, 0.6) is 0 Å². The van der Waals surface area contributed by atoms with Gasteiger partial charge in [0.1, 0.15) is 0 Å². The second-order valence-electron chi connectivity index (χ2n) is 8.17. The van der Waals surface area contributed by atoms with E-state index in [1.807, 2.05) is 6.08 Å². The van der Waals surface area contributed by atoms with E-state index in [4.69, 9.17) is 0 Å². The molecule has 0 radical (unpaired) electrons. The van der Waals surface area contributed by atoms with Gasteiger partial charge in [-0.3, -0.25) is 0 Å². The van der Waals surface area contributed by atoms with Crippen LogP contribution in [0.2, 0.25) is 0 Å². The van der Waals surface area contributed by atoms with Crippen LogP contribution in [-0.2, 0) is 0 Å². The molecule has 0 spiro atoms. The van der Waals surface area contributed by atoms with Crippen molar-refractivity contribution in [2.24, 2.45) is 0 Å². The third-order valence-corrected chi connectivity index (χ3v) is 5.50. The molecule has 0 aromatic rings. The number of unbranched alkanes of at least 4 members (excludes halogenated alkanes) is 20. The summed E-state index contributed by atoms with van der Waals surface area (Å²) in [5, 5.41) is 0. The fourth-order valence-corrected chi connectivity index (χ4v) is 3.71. The Kier molecular flexibility index (Phi) is 24.0. The van der Waals surface area contributed by atoms with Gasteiger partial charge in [0.25, 0.3) is 0 Å². The molecule has 0 saturated heterocycles. The average Bonchev–Trinajstić information content (AvgIpc) is 2.66. The fraction of sp³-hybridized carbons (Fsp3) is 0.846. The maximum absolute atomic E-state index is 3.70. The summed E-state index contributed by atoms with van der Waals surface area (Å²) in [4.78, 5) is 0. The standard InChI is InChI=1S/C26H50/c1-3-5-7-9-11-13-15-17-19-21-23-25-26-24-22-20-18-16-14-12-10-8-6-4-2/h3,5,7H,1,4,6,8-26H2,2H3/b7-5+. The molecule has 0 unspecified atom stereocenters. The minimum Gasteiger partial charge on any atom is -0.0991 e. The van der Waals surface area contributed by atoms with Crippen LogP contribution in [0.3, 0.4) is 0 Å². The summed E-state index contributed by atoms with van der Waals surface area (Å²) in [7, 11) is 0. The predicted octanol–water partition coefficient (Wildman–Crippen LogP) is 9.94. The summed E-state index contributed by atoms with van der Waals surface area (Å²) in [6.45, 7) is 6.00. The highest BCUT2D eigenvalue weighted by molar-refractivity contribution is 4.96. The Hall–Kier alpha value is -0.520. The van der Waals surface area contributed by atoms with E-state index < -0.39 is 0 Å². The molecule has 0 heterocycles. The third-order valence-electron chi connectivity index (χ3n) is 5.50. The van der Waals surface area contributed by atoms with Crippen LogP contribution in [0.4, 0.5) is 0 Å². The van der Waals surface area contributed by atoms with Gasteiger partial charge in [-0.2, -0.15) is 0 Å². The molecular weight excluding hydrogens is 312 g/mol. The van der Waals surface area contributed by atoms with Crippen molar-refractivity contribution in [2.75, 3.05) is 0 Å². The van der Waals surface area contributed by atoms with Crippen molar-refractivity contribution in [2.45, 2.75) is 142 Å². The van der Waals surface area contributed by atoms with Crippen LogP contribution in [0.15, 0.2) is 24.8 Å². The SMILES string of the molecule is C=C/C=C/CCCCCCCCCCCCCCCCCCCCCC. The molecule has 0 aliphatic rings. The first kappa shape index (κ1) is 25.5. The van der Waals surface area contributed by atoms with Crippen LogP contribution >= 0.6 is 0 Å². The summed E-state index contributed by atoms with van der Waals surface area (Å²) < 4.78 is 0. The van der Waals surface area contributed by atoms with E-state index in [-0.39, 0.29) is 0 Å². The van der Waals surface area contributed by atoms with Gasteiger partial charge in [-0.15, -0.1) is 0 Å². The largest absolute Gasteiger partial charge is 0.0991 e. The van der Waals surface area contributed by atoms with Gasteiger partial charge in [-0.25, -0.2) is 0 Å². The van der Waals surface area contributed by atoms with E-state index in [9.17, 15) is 0 Å². The Morgan fingerprint density at radius 3 is 1.08 bits per heavy atom. The molecule has 0 atom stereocenters. The summed E-state index contributed by atoms with van der Waals surface area (Å²) in [6.07, 6.45) is 36.5. The van der Waals surface area contributed by atoms with E-state index in [2.05, 4.69) is 25.7 Å². The summed E-state index contributed by atoms with van der Waals surface area (Å²) >= 11 is 0. The number of hydrogen-bond acceptors (Lipinski definition) is 0. The quantitative estimate of drug-likeness (QED) is 0.133. The Labute approximate surface area is 166 Å². The highest BCUT2D eigenvalue weighted by Crippen LogP contribution is 2.15. The highest BCUT2D eigenvalue weighted by atomic mass is 14.0. The first-order chi connectivity index (χ1) is 12.9. The topological polar surface area (TPSA) is 0 Å². The van der Waals surface area contributed by atoms with Crippen molar-refractivity contribution in [1.29, 1.82) is 0 Å². The van der Waals surface area contributed by atoms with Crippen molar-refractivity contribution >= 4 is 0 Å². The van der Waals surface area contributed by atoms with Gasteiger partial charge in [-0.1, -0.05) is 154 Å². The number of rotatable bonds is 22. The second-order valence-corrected chi connectivity index (χ2v) is 8.17. The first-order valence-electron chi connectivity index (χ1n) is 12.2. The van der Waals surface area contributed by atoms with Crippen LogP contribution in [0.25, 0.3) is 0 Å². The Morgan fingerprint density at radius 2 is 0.769 bits per heavy atom. The summed E-state index contributed by atoms with van der Waals surface area (Å²) in [5.74, 6) is 0. The molecule has 0 aliphatic carbocycles. The lowest BCUT2D eigenvalue weighted by Gasteiger charge is -2.04. The van der Waals surface area contributed by atoms with Crippen LogP contribution in [0, 0.1) is 0 Å². The smallest absolute Gasteiger partial charge is 0.0348 e. The van der Waals surface area contributed by atoms with Gasteiger partial charge in [-0.05, 0) is 12.8 Å². The van der Waals surface area contributed by atoms with Gasteiger partial charge >= 0.3 is 0 Å². The molecule has 0 rings (SSSR count). The molecule has 154 valence electrons. The summed E-state index contributed by atoms with van der Waals surface area (Å²) in [6, 6.07) is 0. The van der Waals surface area contributed by atoms with Gasteiger partial charge in [0.2, 0.25) is 0 Å². The summed E-state index contributed by atoms with van der Waals surface area (Å²) in [5.41, 5.74) is 0. The highest BCUT2D eigenvalue weighted by Gasteiger charge is 1.95. The van der Waals surface area contributed by atoms with Crippen LogP contribution in [0.1, 0.15) is 142 Å². The number of allylic oxidation sites excluding steroid dienone is 3. The molecule has 0 amide bonds.